The molecule has 2 aromatic heterocycles. The Morgan fingerprint density at radius 3 is 2.50 bits per heavy atom. The topological polar surface area (TPSA) is 178 Å². The molecule has 0 fully saturated rings. The van der Waals surface area contributed by atoms with E-state index in [9.17, 15) is 22.8 Å². The van der Waals surface area contributed by atoms with Crippen molar-refractivity contribution < 1.29 is 37.1 Å². The van der Waals surface area contributed by atoms with E-state index in [0.29, 0.717) is 33.4 Å². The van der Waals surface area contributed by atoms with Crippen molar-refractivity contribution >= 4 is 38.6 Å². The fourth-order valence-corrected chi connectivity index (χ4v) is 7.85. The largest absolute Gasteiger partial charge is 0.368 e. The standard InChI is InChI=1S/C36H37N5O8S/c1-3-4-17-50(45,46)41(30(34(37)42)19-27-21-38-29-8-6-5-7-28(27)29)36(44)31(18-23-9-11-24(12-10-23)32-15-16-39-48-32)40(2)35(43)25-13-14-26-22-47-49-33(26)20-25/h5-16,20-21,30-31,38H,3-4,17-19,22H2,1-2H3,(H2,37,42)/t30-,31-/m0/s1. The Labute approximate surface area is 288 Å². The summed E-state index contributed by atoms with van der Waals surface area (Å²) < 4.78 is 34.1. The minimum absolute atomic E-state index is 0.0827. The maximum absolute atomic E-state index is 14.9. The molecule has 3 amide bonds. The molecule has 0 unspecified atom stereocenters. The average Bonchev–Trinajstić information content (AvgIpc) is 3.90. The number of rotatable bonds is 14. The van der Waals surface area contributed by atoms with Crippen molar-refractivity contribution in [1.29, 1.82) is 0 Å². The van der Waals surface area contributed by atoms with Gasteiger partial charge in [-0.3, -0.25) is 14.4 Å². The van der Waals surface area contributed by atoms with Gasteiger partial charge in [-0.15, -0.1) is 0 Å². The number of para-hydroxylation sites is 1. The van der Waals surface area contributed by atoms with Crippen LogP contribution in [0.25, 0.3) is 22.2 Å². The van der Waals surface area contributed by atoms with Crippen molar-refractivity contribution in [3.8, 4) is 17.1 Å². The fourth-order valence-electron chi connectivity index (χ4n) is 6.03. The molecule has 5 aromatic rings. The van der Waals surface area contributed by atoms with Gasteiger partial charge < -0.3 is 25.0 Å². The highest BCUT2D eigenvalue weighted by Gasteiger charge is 2.43. The molecule has 3 aromatic carbocycles. The highest BCUT2D eigenvalue weighted by molar-refractivity contribution is 7.89. The van der Waals surface area contributed by atoms with Crippen LogP contribution in [-0.2, 0) is 43.9 Å². The minimum atomic E-state index is -4.41. The number of aromatic nitrogens is 2. The van der Waals surface area contributed by atoms with Crippen LogP contribution >= 0.6 is 0 Å². The third-order valence-corrected chi connectivity index (χ3v) is 10.7. The number of unbranched alkanes of at least 4 members (excludes halogenated alkanes) is 1. The Morgan fingerprint density at radius 2 is 1.78 bits per heavy atom. The number of amides is 3. The van der Waals surface area contributed by atoms with E-state index in [0.717, 1.165) is 22.0 Å². The van der Waals surface area contributed by atoms with E-state index in [-0.39, 0.29) is 31.4 Å². The number of fused-ring (bicyclic) bond motifs is 2. The smallest absolute Gasteiger partial charge is 0.259 e. The van der Waals surface area contributed by atoms with E-state index in [1.807, 2.05) is 31.2 Å². The van der Waals surface area contributed by atoms with E-state index in [2.05, 4.69) is 10.1 Å². The summed E-state index contributed by atoms with van der Waals surface area (Å²) in [6.07, 6.45) is 3.70. The van der Waals surface area contributed by atoms with Crippen LogP contribution in [-0.4, -0.2) is 70.4 Å². The van der Waals surface area contributed by atoms with Crippen LogP contribution in [0.3, 0.4) is 0 Å². The normalized spacial score (nSPS) is 13.7. The number of primary amides is 1. The molecule has 0 bridgehead atoms. The molecule has 1 aliphatic heterocycles. The maximum Gasteiger partial charge on any atom is 0.259 e. The number of hydrogen-bond donors (Lipinski definition) is 2. The van der Waals surface area contributed by atoms with Crippen molar-refractivity contribution in [3.63, 3.8) is 0 Å². The number of hydrogen-bond acceptors (Lipinski definition) is 9. The van der Waals surface area contributed by atoms with Crippen molar-refractivity contribution in [3.05, 3.63) is 107 Å². The summed E-state index contributed by atoms with van der Waals surface area (Å²) in [6.45, 7) is 2.04. The monoisotopic (exact) mass is 699 g/mol. The Balaban J connectivity index is 1.41. The quantitative estimate of drug-likeness (QED) is 0.159. The Morgan fingerprint density at radius 1 is 1.00 bits per heavy atom. The molecular formula is C36H37N5O8S. The fraction of sp³-hybridized carbons (Fsp3) is 0.278. The number of carbonyl (C=O) groups is 3. The van der Waals surface area contributed by atoms with Crippen molar-refractivity contribution in [1.82, 2.24) is 19.3 Å². The Hall–Kier alpha value is -5.47. The van der Waals surface area contributed by atoms with E-state index in [1.54, 1.807) is 48.7 Å². The molecule has 260 valence electrons. The number of benzene rings is 3. The predicted molar refractivity (Wildman–Crippen MR) is 184 cm³/mol. The van der Waals surface area contributed by atoms with Gasteiger partial charge in [0.25, 0.3) is 11.8 Å². The van der Waals surface area contributed by atoms with Gasteiger partial charge in [-0.25, -0.2) is 12.7 Å². The van der Waals surface area contributed by atoms with Crippen LogP contribution in [0.5, 0.6) is 5.75 Å². The van der Waals surface area contributed by atoms with Crippen molar-refractivity contribution in [2.75, 3.05) is 12.8 Å². The molecule has 14 heteroatoms. The first-order valence-electron chi connectivity index (χ1n) is 16.2. The summed E-state index contributed by atoms with van der Waals surface area (Å²) >= 11 is 0. The highest BCUT2D eigenvalue weighted by atomic mass is 32.2. The molecule has 2 atom stereocenters. The number of sulfonamides is 1. The molecule has 3 N–H and O–H groups in total. The van der Waals surface area contributed by atoms with Crippen LogP contribution in [0.1, 0.15) is 46.8 Å². The average molecular weight is 700 g/mol. The summed E-state index contributed by atoms with van der Waals surface area (Å²) in [5.74, 6) is -2.02. The van der Waals surface area contributed by atoms with Crippen molar-refractivity contribution in [2.45, 2.75) is 51.3 Å². The molecule has 13 nitrogen and oxygen atoms in total. The molecule has 50 heavy (non-hydrogen) atoms. The second-order valence-corrected chi connectivity index (χ2v) is 14.1. The number of nitrogens with one attached hydrogen (secondary N) is 1. The van der Waals surface area contributed by atoms with Gasteiger partial charge in [0.2, 0.25) is 15.9 Å². The number of nitrogens with zero attached hydrogens (tertiary/aromatic N) is 3. The number of likely N-dealkylation sites (N-methyl/N-ethyl adjacent to an activating group) is 1. The molecule has 0 radical (unpaired) electrons. The van der Waals surface area contributed by atoms with Crippen molar-refractivity contribution in [2.24, 2.45) is 5.73 Å². The van der Waals surface area contributed by atoms with E-state index in [4.69, 9.17) is 20.0 Å². The molecule has 0 saturated heterocycles. The third kappa shape index (κ3) is 7.12. The lowest BCUT2D eigenvalue weighted by molar-refractivity contribution is -0.194. The second-order valence-electron chi connectivity index (χ2n) is 12.2. The first kappa shape index (κ1) is 34.4. The molecule has 1 aliphatic rings. The van der Waals surface area contributed by atoms with Crippen LogP contribution < -0.4 is 10.6 Å². The minimum Gasteiger partial charge on any atom is -0.368 e. The number of aromatic amines is 1. The van der Waals surface area contributed by atoms with Gasteiger partial charge in [-0.1, -0.05) is 67.0 Å². The molecule has 6 rings (SSSR count). The number of H-pyrrole nitrogens is 1. The Kier molecular flexibility index (Phi) is 10.0. The van der Waals surface area contributed by atoms with Crippen LogP contribution in [0.15, 0.2) is 89.7 Å². The van der Waals surface area contributed by atoms with Gasteiger partial charge in [0, 0.05) is 59.7 Å². The zero-order valence-corrected chi connectivity index (χ0v) is 28.4. The lowest BCUT2D eigenvalue weighted by Crippen LogP contribution is -2.59. The number of nitrogens with two attached hydrogens (primary N) is 1. The summed E-state index contributed by atoms with van der Waals surface area (Å²) in [4.78, 5) is 56.7. The van der Waals surface area contributed by atoms with E-state index < -0.39 is 45.6 Å². The summed E-state index contributed by atoms with van der Waals surface area (Å²) in [6, 6.07) is 17.9. The summed E-state index contributed by atoms with van der Waals surface area (Å²) in [5.41, 5.74) is 9.61. The molecular weight excluding hydrogens is 662 g/mol. The molecule has 0 spiro atoms. The van der Waals surface area contributed by atoms with Gasteiger partial charge >= 0.3 is 0 Å². The van der Waals surface area contributed by atoms with E-state index in [1.165, 1.54) is 24.2 Å². The zero-order valence-electron chi connectivity index (χ0n) is 27.6. The maximum atomic E-state index is 14.9. The molecule has 0 aliphatic carbocycles. The SMILES string of the molecule is CCCCS(=O)(=O)N(C(=O)[C@H](Cc1ccc(-c2ccno2)cc1)N(C)C(=O)c1ccc2c(c1)OOC2)[C@@H](Cc1c[nH]c2ccccc12)C(N)=O. The van der Waals surface area contributed by atoms with Crippen LogP contribution in [0, 0.1) is 0 Å². The molecule has 0 saturated carbocycles. The second kappa shape index (κ2) is 14.6. The van der Waals surface area contributed by atoms with Crippen LogP contribution in [0.4, 0.5) is 0 Å². The number of carbonyl (C=O) groups excluding carboxylic acids is 3. The van der Waals surface area contributed by atoms with Gasteiger partial charge in [0.05, 0.1) is 11.9 Å². The third-order valence-electron chi connectivity index (χ3n) is 8.83. The van der Waals surface area contributed by atoms with Crippen LogP contribution in [0.2, 0.25) is 0 Å². The van der Waals surface area contributed by atoms with E-state index >= 15 is 0 Å². The van der Waals surface area contributed by atoms with Gasteiger partial charge in [-0.05, 0) is 35.7 Å². The lowest BCUT2D eigenvalue weighted by atomic mass is 9.99. The Bertz CT molecular complexity index is 2110. The lowest BCUT2D eigenvalue weighted by Gasteiger charge is -2.35. The van der Waals surface area contributed by atoms with Gasteiger partial charge in [0.1, 0.15) is 18.7 Å². The first-order chi connectivity index (χ1) is 24.1. The first-order valence-corrected chi connectivity index (χ1v) is 17.8. The summed E-state index contributed by atoms with van der Waals surface area (Å²) in [5, 5.41) is 4.50. The van der Waals surface area contributed by atoms with Gasteiger partial charge in [-0.2, -0.15) is 4.89 Å². The predicted octanol–water partition coefficient (Wildman–Crippen LogP) is 4.39. The van der Waals surface area contributed by atoms with Gasteiger partial charge in [0.15, 0.2) is 11.5 Å². The summed E-state index contributed by atoms with van der Waals surface area (Å²) in [7, 11) is -2.99. The zero-order chi connectivity index (χ0) is 35.4. The highest BCUT2D eigenvalue weighted by Crippen LogP contribution is 2.29. The molecule has 3 heterocycles.